The maximum atomic E-state index is 11.2. The van der Waals surface area contributed by atoms with E-state index in [4.69, 9.17) is 9.79 Å². The molecule has 0 amide bonds. The molecule has 3 N–H and O–H groups in total. The predicted molar refractivity (Wildman–Crippen MR) is 66.6 cm³/mol. The van der Waals surface area contributed by atoms with Crippen LogP contribution in [0.2, 0.25) is 0 Å². The zero-order valence-corrected chi connectivity index (χ0v) is 12.5. The Hall–Kier alpha value is 0.170. The first kappa shape index (κ1) is 17.2. The standard InChI is InChI=1S/C9H21NO5P2/c1-8(7-9(2,3)4)5-6-10-17(13,14)15-16(11)12/h8H,5-7H2,1-4H3,(H2-,10,11,12,13,14)/p+1. The molecule has 0 saturated heterocycles. The fraction of sp³-hybridized carbons (Fsp3) is 1.00. The summed E-state index contributed by atoms with van der Waals surface area (Å²) in [6.45, 7) is 8.73. The summed E-state index contributed by atoms with van der Waals surface area (Å²) in [6, 6.07) is 0. The highest BCUT2D eigenvalue weighted by Crippen LogP contribution is 2.45. The molecule has 0 spiro atoms. The summed E-state index contributed by atoms with van der Waals surface area (Å²) < 4.78 is 25.4. The molecule has 0 aromatic heterocycles. The molecule has 0 saturated carbocycles. The van der Waals surface area contributed by atoms with Crippen LogP contribution in [-0.2, 0) is 13.4 Å². The lowest BCUT2D eigenvalue weighted by Crippen LogP contribution is -2.18. The van der Waals surface area contributed by atoms with Gasteiger partial charge in [-0.15, -0.1) is 4.89 Å². The topological polar surface area (TPSA) is 95.9 Å². The van der Waals surface area contributed by atoms with Gasteiger partial charge in [0.25, 0.3) is 0 Å². The van der Waals surface area contributed by atoms with Crippen molar-refractivity contribution in [2.24, 2.45) is 11.3 Å². The Balaban J connectivity index is 3.91. The maximum Gasteiger partial charge on any atom is 0.704 e. The molecule has 3 atom stereocenters. The smallest absolute Gasteiger partial charge is 0.310 e. The van der Waals surface area contributed by atoms with Gasteiger partial charge in [-0.05, 0) is 28.5 Å². The highest BCUT2D eigenvalue weighted by atomic mass is 31.2. The Morgan fingerprint density at radius 2 is 2.00 bits per heavy atom. The van der Waals surface area contributed by atoms with E-state index in [1.54, 1.807) is 0 Å². The van der Waals surface area contributed by atoms with Crippen LogP contribution in [0.1, 0.15) is 40.5 Å². The molecular weight excluding hydrogens is 264 g/mol. The minimum Gasteiger partial charge on any atom is -0.310 e. The molecule has 0 rings (SSSR count). The summed E-state index contributed by atoms with van der Waals surface area (Å²) in [4.78, 5) is 17.5. The molecule has 0 aliphatic heterocycles. The van der Waals surface area contributed by atoms with E-state index in [0.717, 1.165) is 6.42 Å². The molecule has 0 aromatic rings. The Morgan fingerprint density at radius 3 is 2.41 bits per heavy atom. The summed E-state index contributed by atoms with van der Waals surface area (Å²) in [5, 5.41) is 2.25. The molecule has 0 heterocycles. The van der Waals surface area contributed by atoms with Crippen molar-refractivity contribution in [2.75, 3.05) is 6.54 Å². The van der Waals surface area contributed by atoms with Crippen LogP contribution in [0.25, 0.3) is 0 Å². The molecule has 0 fully saturated rings. The van der Waals surface area contributed by atoms with Gasteiger partial charge in [-0.3, -0.25) is 0 Å². The largest absolute Gasteiger partial charge is 0.704 e. The second-order valence-electron chi connectivity index (χ2n) is 5.41. The van der Waals surface area contributed by atoms with E-state index in [0.29, 0.717) is 12.3 Å². The average molecular weight is 286 g/mol. The zero-order valence-electron chi connectivity index (χ0n) is 10.7. The van der Waals surface area contributed by atoms with Crippen molar-refractivity contribution < 1.29 is 23.2 Å². The third-order valence-electron chi connectivity index (χ3n) is 2.09. The van der Waals surface area contributed by atoms with Crippen LogP contribution in [0.4, 0.5) is 0 Å². The summed E-state index contributed by atoms with van der Waals surface area (Å²) in [5.74, 6) is 0.394. The van der Waals surface area contributed by atoms with Gasteiger partial charge >= 0.3 is 16.0 Å². The fourth-order valence-corrected chi connectivity index (χ4v) is 3.12. The SMILES string of the molecule is CC(CCNP(=O)(O)O[P+](=O)O)CC(C)(C)C. The van der Waals surface area contributed by atoms with Crippen LogP contribution in [0, 0.1) is 11.3 Å². The molecule has 0 radical (unpaired) electrons. The van der Waals surface area contributed by atoms with Crippen molar-refractivity contribution in [1.82, 2.24) is 5.09 Å². The Kier molecular flexibility index (Phi) is 7.00. The third-order valence-corrected chi connectivity index (χ3v) is 4.16. The minimum absolute atomic E-state index is 0.216. The first-order chi connectivity index (χ1) is 7.52. The Labute approximate surface area is 103 Å². The monoisotopic (exact) mass is 286 g/mol. The summed E-state index contributed by atoms with van der Waals surface area (Å²) in [6.07, 6.45) is 1.70. The van der Waals surface area contributed by atoms with E-state index < -0.39 is 16.0 Å². The van der Waals surface area contributed by atoms with Gasteiger partial charge in [0.05, 0.1) is 0 Å². The Morgan fingerprint density at radius 1 is 1.47 bits per heavy atom. The molecule has 0 aliphatic carbocycles. The number of rotatable bonds is 7. The van der Waals surface area contributed by atoms with Gasteiger partial charge in [0.2, 0.25) is 0 Å². The van der Waals surface area contributed by atoms with E-state index in [1.807, 2.05) is 0 Å². The molecule has 0 aromatic carbocycles. The lowest BCUT2D eigenvalue weighted by Gasteiger charge is -2.23. The summed E-state index contributed by atoms with van der Waals surface area (Å²) in [7, 11) is -7.21. The Bertz CT molecular complexity index is 302. The predicted octanol–water partition coefficient (Wildman–Crippen LogP) is 2.81. The molecular formula is C9H22NO5P2+. The maximum absolute atomic E-state index is 11.2. The van der Waals surface area contributed by atoms with Crippen LogP contribution < -0.4 is 5.09 Å². The van der Waals surface area contributed by atoms with Crippen molar-refractivity contribution in [3.8, 4) is 0 Å². The average Bonchev–Trinajstić information content (AvgIpc) is 1.95. The van der Waals surface area contributed by atoms with Gasteiger partial charge in [-0.25, -0.2) is 9.65 Å². The van der Waals surface area contributed by atoms with E-state index in [1.165, 1.54) is 0 Å². The molecule has 0 aliphatic rings. The van der Waals surface area contributed by atoms with Gasteiger partial charge < -0.3 is 4.89 Å². The molecule has 0 bridgehead atoms. The van der Waals surface area contributed by atoms with Crippen molar-refractivity contribution >= 4 is 16.0 Å². The van der Waals surface area contributed by atoms with E-state index in [-0.39, 0.29) is 12.0 Å². The van der Waals surface area contributed by atoms with Crippen LogP contribution in [-0.4, -0.2) is 16.3 Å². The van der Waals surface area contributed by atoms with Crippen LogP contribution in [0.3, 0.4) is 0 Å². The number of hydrogen-bond acceptors (Lipinski definition) is 3. The van der Waals surface area contributed by atoms with Crippen LogP contribution in [0.5, 0.6) is 0 Å². The van der Waals surface area contributed by atoms with Crippen molar-refractivity contribution in [3.05, 3.63) is 0 Å². The molecule has 102 valence electrons. The molecule has 17 heavy (non-hydrogen) atoms. The second-order valence-corrected chi connectivity index (χ2v) is 7.89. The summed E-state index contributed by atoms with van der Waals surface area (Å²) >= 11 is 0. The zero-order chi connectivity index (χ0) is 13.7. The fourth-order valence-electron chi connectivity index (χ4n) is 1.72. The molecule has 6 nitrogen and oxygen atoms in total. The van der Waals surface area contributed by atoms with Gasteiger partial charge in [0, 0.05) is 11.1 Å². The normalized spacial score (nSPS) is 18.6. The van der Waals surface area contributed by atoms with E-state index >= 15 is 0 Å². The lowest BCUT2D eigenvalue weighted by molar-refractivity contribution is 0.294. The van der Waals surface area contributed by atoms with Gasteiger partial charge in [-0.2, -0.15) is 0 Å². The molecule has 8 heteroatoms. The quantitative estimate of drug-likeness (QED) is 0.623. The first-order valence-corrected chi connectivity index (χ1v) is 8.16. The van der Waals surface area contributed by atoms with Crippen molar-refractivity contribution in [1.29, 1.82) is 0 Å². The van der Waals surface area contributed by atoms with Crippen molar-refractivity contribution in [3.63, 3.8) is 0 Å². The van der Waals surface area contributed by atoms with Crippen molar-refractivity contribution in [2.45, 2.75) is 40.5 Å². The number of nitrogens with one attached hydrogen (secondary N) is 1. The van der Waals surface area contributed by atoms with Gasteiger partial charge in [0.1, 0.15) is 0 Å². The summed E-state index contributed by atoms with van der Waals surface area (Å²) in [5.41, 5.74) is 0.216. The van der Waals surface area contributed by atoms with Gasteiger partial charge in [-0.1, -0.05) is 27.7 Å². The van der Waals surface area contributed by atoms with Gasteiger partial charge in [0.15, 0.2) is 0 Å². The van der Waals surface area contributed by atoms with Crippen LogP contribution in [0.15, 0.2) is 0 Å². The lowest BCUT2D eigenvalue weighted by atomic mass is 9.84. The highest BCUT2D eigenvalue weighted by Gasteiger charge is 2.32. The minimum atomic E-state index is -4.14. The van der Waals surface area contributed by atoms with Crippen LogP contribution >= 0.6 is 16.0 Å². The molecule has 3 unspecified atom stereocenters. The second kappa shape index (κ2) is 6.93. The van der Waals surface area contributed by atoms with E-state index in [2.05, 4.69) is 37.1 Å². The highest BCUT2D eigenvalue weighted by molar-refractivity contribution is 7.58. The number of hydrogen-bond donors (Lipinski definition) is 3. The third kappa shape index (κ3) is 11.0. The van der Waals surface area contributed by atoms with E-state index in [9.17, 15) is 9.13 Å². The first-order valence-electron chi connectivity index (χ1n) is 5.45.